The van der Waals surface area contributed by atoms with Crippen molar-refractivity contribution >= 4 is 23.3 Å². The number of nitrogens with one attached hydrogen (secondary N) is 1. The first-order chi connectivity index (χ1) is 10.1. The highest BCUT2D eigenvalue weighted by Crippen LogP contribution is 2.41. The lowest BCUT2D eigenvalue weighted by Gasteiger charge is -2.23. The molecule has 21 heavy (non-hydrogen) atoms. The molecule has 1 amide bonds. The molecule has 7 heteroatoms. The van der Waals surface area contributed by atoms with Gasteiger partial charge >= 0.3 is 0 Å². The quantitative estimate of drug-likeness (QED) is 0.946. The standard InChI is InChI=1S/C14H18ClN5O/c1-4-10-12(13(15)19(3)18-10)8-6-11(21)17-14-9(8)7-16-20(14)5-2/h7-8H,4-6H2,1-3H3,(H,17,21). The summed E-state index contributed by atoms with van der Waals surface area (Å²) in [5.74, 6) is 0.690. The van der Waals surface area contributed by atoms with Crippen LogP contribution < -0.4 is 5.32 Å². The Balaban J connectivity index is 2.16. The van der Waals surface area contributed by atoms with Crippen LogP contribution >= 0.6 is 11.6 Å². The van der Waals surface area contributed by atoms with Crippen molar-refractivity contribution in [2.45, 2.75) is 39.2 Å². The van der Waals surface area contributed by atoms with E-state index in [0.717, 1.165) is 29.1 Å². The highest BCUT2D eigenvalue weighted by Gasteiger charge is 2.33. The lowest BCUT2D eigenvalue weighted by Crippen LogP contribution is -2.25. The molecule has 3 heterocycles. The Hall–Kier alpha value is -1.82. The molecule has 2 aromatic rings. The number of amides is 1. The molecule has 1 aliphatic heterocycles. The summed E-state index contributed by atoms with van der Waals surface area (Å²) in [4.78, 5) is 12.1. The molecule has 0 spiro atoms. The van der Waals surface area contributed by atoms with Gasteiger partial charge in [-0.3, -0.25) is 9.48 Å². The van der Waals surface area contributed by atoms with Crippen molar-refractivity contribution in [3.05, 3.63) is 28.2 Å². The zero-order valence-corrected chi connectivity index (χ0v) is 13.1. The number of anilines is 1. The summed E-state index contributed by atoms with van der Waals surface area (Å²) in [5.41, 5.74) is 2.91. The molecular formula is C14H18ClN5O. The van der Waals surface area contributed by atoms with Gasteiger partial charge in [0.2, 0.25) is 5.91 Å². The van der Waals surface area contributed by atoms with Crippen LogP contribution in [0.4, 0.5) is 5.82 Å². The minimum absolute atomic E-state index is 0.00956. The van der Waals surface area contributed by atoms with Gasteiger partial charge in [-0.1, -0.05) is 18.5 Å². The van der Waals surface area contributed by atoms with Gasteiger partial charge in [0.15, 0.2) is 0 Å². The van der Waals surface area contributed by atoms with E-state index in [1.807, 2.05) is 27.1 Å². The number of hydrogen-bond acceptors (Lipinski definition) is 3. The number of nitrogens with zero attached hydrogens (tertiary/aromatic N) is 4. The van der Waals surface area contributed by atoms with Gasteiger partial charge in [0, 0.05) is 37.1 Å². The van der Waals surface area contributed by atoms with E-state index < -0.39 is 0 Å². The van der Waals surface area contributed by atoms with Crippen molar-refractivity contribution < 1.29 is 4.79 Å². The number of carbonyl (C=O) groups is 1. The molecule has 1 unspecified atom stereocenters. The van der Waals surface area contributed by atoms with E-state index in [4.69, 9.17) is 11.6 Å². The molecule has 1 aliphatic rings. The van der Waals surface area contributed by atoms with Crippen molar-refractivity contribution in [2.24, 2.45) is 7.05 Å². The van der Waals surface area contributed by atoms with Crippen LogP contribution in [0.5, 0.6) is 0 Å². The normalized spacial score (nSPS) is 17.7. The van der Waals surface area contributed by atoms with E-state index in [1.165, 1.54) is 0 Å². The van der Waals surface area contributed by atoms with E-state index in [0.29, 0.717) is 18.1 Å². The number of halogens is 1. The molecule has 0 aliphatic carbocycles. The second-order valence-corrected chi connectivity index (χ2v) is 5.56. The number of fused-ring (bicyclic) bond motifs is 1. The fraction of sp³-hybridized carbons (Fsp3) is 0.500. The maximum absolute atomic E-state index is 12.1. The average molecular weight is 308 g/mol. The average Bonchev–Trinajstić information content (AvgIpc) is 3.00. The zero-order chi connectivity index (χ0) is 15.1. The SMILES string of the molecule is CCc1nn(C)c(Cl)c1C1CC(=O)Nc2c1cnn2CC. The summed E-state index contributed by atoms with van der Waals surface area (Å²) in [7, 11) is 1.82. The molecule has 2 aromatic heterocycles. The first-order valence-corrected chi connectivity index (χ1v) is 7.51. The topological polar surface area (TPSA) is 64.7 Å². The van der Waals surface area contributed by atoms with Crippen LogP contribution in [0.3, 0.4) is 0 Å². The highest BCUT2D eigenvalue weighted by atomic mass is 35.5. The maximum atomic E-state index is 12.1. The molecule has 3 rings (SSSR count). The van der Waals surface area contributed by atoms with Crippen LogP contribution in [-0.4, -0.2) is 25.5 Å². The van der Waals surface area contributed by atoms with E-state index in [1.54, 1.807) is 9.36 Å². The minimum Gasteiger partial charge on any atom is -0.311 e. The second kappa shape index (κ2) is 5.18. The van der Waals surface area contributed by atoms with Gasteiger partial charge in [0.05, 0.1) is 11.9 Å². The smallest absolute Gasteiger partial charge is 0.226 e. The summed E-state index contributed by atoms with van der Waals surface area (Å²) in [6.45, 7) is 4.75. The van der Waals surface area contributed by atoms with Gasteiger partial charge in [0.1, 0.15) is 11.0 Å². The van der Waals surface area contributed by atoms with Gasteiger partial charge in [-0.25, -0.2) is 4.68 Å². The maximum Gasteiger partial charge on any atom is 0.226 e. The first kappa shape index (κ1) is 14.1. The van der Waals surface area contributed by atoms with Crippen LogP contribution in [-0.2, 0) is 24.8 Å². The Labute approximate surface area is 128 Å². The Morgan fingerprint density at radius 1 is 1.48 bits per heavy atom. The van der Waals surface area contributed by atoms with Crippen molar-refractivity contribution in [2.75, 3.05) is 5.32 Å². The zero-order valence-electron chi connectivity index (χ0n) is 12.4. The largest absolute Gasteiger partial charge is 0.311 e. The van der Waals surface area contributed by atoms with Gasteiger partial charge in [-0.2, -0.15) is 10.2 Å². The number of hydrogen-bond donors (Lipinski definition) is 1. The van der Waals surface area contributed by atoms with Crippen molar-refractivity contribution in [1.82, 2.24) is 19.6 Å². The summed E-state index contributed by atoms with van der Waals surface area (Å²) >= 11 is 6.42. The third-order valence-corrected chi connectivity index (χ3v) is 4.41. The fourth-order valence-electron chi connectivity index (χ4n) is 2.95. The lowest BCUT2D eigenvalue weighted by atomic mass is 9.87. The van der Waals surface area contributed by atoms with E-state index in [9.17, 15) is 4.79 Å². The van der Waals surface area contributed by atoms with Crippen LogP contribution in [0.1, 0.15) is 43.0 Å². The van der Waals surface area contributed by atoms with E-state index in [2.05, 4.69) is 15.5 Å². The minimum atomic E-state index is -0.0785. The predicted molar refractivity (Wildman–Crippen MR) is 80.6 cm³/mol. The molecule has 0 radical (unpaired) electrons. The Morgan fingerprint density at radius 2 is 2.24 bits per heavy atom. The fourth-order valence-corrected chi connectivity index (χ4v) is 3.22. The van der Waals surface area contributed by atoms with Gasteiger partial charge in [0.25, 0.3) is 0 Å². The number of aryl methyl sites for hydroxylation is 3. The summed E-state index contributed by atoms with van der Waals surface area (Å²) < 4.78 is 3.47. The predicted octanol–water partition coefficient (Wildman–Crippen LogP) is 2.33. The monoisotopic (exact) mass is 307 g/mol. The lowest BCUT2D eigenvalue weighted by molar-refractivity contribution is -0.116. The second-order valence-electron chi connectivity index (χ2n) is 5.20. The molecule has 1 atom stereocenters. The van der Waals surface area contributed by atoms with Crippen LogP contribution in [0.2, 0.25) is 5.15 Å². The summed E-state index contributed by atoms with van der Waals surface area (Å²) in [6.07, 6.45) is 2.98. The third-order valence-electron chi connectivity index (χ3n) is 3.96. The van der Waals surface area contributed by atoms with Crippen LogP contribution in [0.25, 0.3) is 0 Å². The number of aromatic nitrogens is 4. The van der Waals surface area contributed by atoms with Crippen LogP contribution in [0.15, 0.2) is 6.20 Å². The molecule has 0 bridgehead atoms. The molecule has 0 aromatic carbocycles. The van der Waals surface area contributed by atoms with Crippen molar-refractivity contribution in [1.29, 1.82) is 0 Å². The van der Waals surface area contributed by atoms with Gasteiger partial charge in [-0.15, -0.1) is 0 Å². The molecule has 6 nitrogen and oxygen atoms in total. The first-order valence-electron chi connectivity index (χ1n) is 7.13. The molecule has 1 N–H and O–H groups in total. The highest BCUT2D eigenvalue weighted by molar-refractivity contribution is 6.30. The Bertz CT molecular complexity index is 703. The van der Waals surface area contributed by atoms with Crippen LogP contribution in [0, 0.1) is 0 Å². The summed E-state index contributed by atoms with van der Waals surface area (Å²) in [6, 6.07) is 0. The Morgan fingerprint density at radius 3 is 2.90 bits per heavy atom. The number of carbonyl (C=O) groups excluding carboxylic acids is 1. The molecule has 0 saturated heterocycles. The van der Waals surface area contributed by atoms with E-state index in [-0.39, 0.29) is 11.8 Å². The Kier molecular flexibility index (Phi) is 3.49. The van der Waals surface area contributed by atoms with E-state index >= 15 is 0 Å². The third kappa shape index (κ3) is 2.14. The molecule has 0 saturated carbocycles. The number of rotatable bonds is 3. The van der Waals surface area contributed by atoms with Crippen molar-refractivity contribution in [3.63, 3.8) is 0 Å². The molecule has 112 valence electrons. The van der Waals surface area contributed by atoms with Gasteiger partial charge in [-0.05, 0) is 13.3 Å². The van der Waals surface area contributed by atoms with Gasteiger partial charge < -0.3 is 5.32 Å². The molecule has 0 fully saturated rings. The summed E-state index contributed by atoms with van der Waals surface area (Å²) in [5, 5.41) is 12.3. The van der Waals surface area contributed by atoms with Crippen molar-refractivity contribution in [3.8, 4) is 0 Å². The molecular weight excluding hydrogens is 290 g/mol.